The number of nitrogens with one attached hydrogen (secondary N) is 1. The number of guanidine groups is 1. The molecule has 0 saturated heterocycles. The maximum absolute atomic E-state index is 14.0. The predicted molar refractivity (Wildman–Crippen MR) is 113 cm³/mol. The van der Waals surface area contributed by atoms with Crippen molar-refractivity contribution in [2.45, 2.75) is 26.4 Å². The third-order valence-electron chi connectivity index (χ3n) is 4.51. The number of halogens is 1. The van der Waals surface area contributed by atoms with Crippen molar-refractivity contribution >= 4 is 11.9 Å². The number of aromatic nitrogens is 3. The molecular formula is C20H30FN7O2. The zero-order valence-corrected chi connectivity index (χ0v) is 18.2. The molecule has 0 saturated carbocycles. The molecule has 1 heterocycles. The first-order valence-electron chi connectivity index (χ1n) is 9.74. The SMILES string of the molecule is CCc1nncn1CCNC(=NCC(=O)N(C)C)N(C)Cc1ccc(OC)c(F)c1. The van der Waals surface area contributed by atoms with Crippen LogP contribution in [0.25, 0.3) is 0 Å². The van der Waals surface area contributed by atoms with Crippen LogP contribution in [0.15, 0.2) is 29.5 Å². The van der Waals surface area contributed by atoms with Crippen molar-refractivity contribution < 1.29 is 13.9 Å². The van der Waals surface area contributed by atoms with Gasteiger partial charge in [0.2, 0.25) is 5.91 Å². The van der Waals surface area contributed by atoms with E-state index in [2.05, 4.69) is 20.5 Å². The molecule has 2 aromatic rings. The molecule has 0 radical (unpaired) electrons. The van der Waals surface area contributed by atoms with Gasteiger partial charge in [0.05, 0.1) is 7.11 Å². The van der Waals surface area contributed by atoms with Gasteiger partial charge in [0, 0.05) is 47.2 Å². The lowest BCUT2D eigenvalue weighted by Gasteiger charge is -2.23. The normalized spacial score (nSPS) is 11.3. The summed E-state index contributed by atoms with van der Waals surface area (Å²) >= 11 is 0. The van der Waals surface area contributed by atoms with Gasteiger partial charge in [0.15, 0.2) is 17.5 Å². The second-order valence-corrected chi connectivity index (χ2v) is 6.97. The van der Waals surface area contributed by atoms with Crippen molar-refractivity contribution in [3.63, 3.8) is 0 Å². The summed E-state index contributed by atoms with van der Waals surface area (Å²) in [5.74, 6) is 1.13. The van der Waals surface area contributed by atoms with Crippen molar-refractivity contribution in [3.05, 3.63) is 41.7 Å². The minimum atomic E-state index is -0.419. The third kappa shape index (κ3) is 6.43. The van der Waals surface area contributed by atoms with E-state index in [1.54, 1.807) is 32.6 Å². The molecule has 1 N–H and O–H groups in total. The molecule has 1 amide bonds. The molecule has 2 rings (SSSR count). The number of hydrogen-bond donors (Lipinski definition) is 1. The quantitative estimate of drug-likeness (QED) is 0.485. The number of carbonyl (C=O) groups excluding carboxylic acids is 1. The van der Waals surface area contributed by atoms with Gasteiger partial charge in [0.1, 0.15) is 18.7 Å². The molecule has 1 aromatic heterocycles. The van der Waals surface area contributed by atoms with Crippen LogP contribution in [0.2, 0.25) is 0 Å². The van der Waals surface area contributed by atoms with Crippen LogP contribution in [0.3, 0.4) is 0 Å². The van der Waals surface area contributed by atoms with Crippen LogP contribution in [0.4, 0.5) is 4.39 Å². The Morgan fingerprint density at radius 3 is 2.73 bits per heavy atom. The van der Waals surface area contributed by atoms with Crippen LogP contribution >= 0.6 is 0 Å². The molecule has 10 heteroatoms. The molecule has 0 atom stereocenters. The average Bonchev–Trinajstić information content (AvgIpc) is 3.17. The topological polar surface area (TPSA) is 87.9 Å². The van der Waals surface area contributed by atoms with Gasteiger partial charge in [-0.1, -0.05) is 13.0 Å². The Balaban J connectivity index is 2.08. The van der Waals surface area contributed by atoms with Crippen LogP contribution in [0, 0.1) is 5.82 Å². The summed E-state index contributed by atoms with van der Waals surface area (Å²) in [6, 6.07) is 4.82. The fraction of sp³-hybridized carbons (Fsp3) is 0.500. The second kappa shape index (κ2) is 11.1. The largest absolute Gasteiger partial charge is 0.494 e. The number of aryl methyl sites for hydroxylation is 1. The number of rotatable bonds is 9. The fourth-order valence-corrected chi connectivity index (χ4v) is 2.78. The highest BCUT2D eigenvalue weighted by molar-refractivity contribution is 5.84. The van der Waals surface area contributed by atoms with Gasteiger partial charge in [-0.3, -0.25) is 4.79 Å². The van der Waals surface area contributed by atoms with E-state index in [9.17, 15) is 9.18 Å². The van der Waals surface area contributed by atoms with E-state index in [1.807, 2.05) is 23.4 Å². The monoisotopic (exact) mass is 419 g/mol. The first-order chi connectivity index (χ1) is 14.3. The van der Waals surface area contributed by atoms with E-state index < -0.39 is 5.82 Å². The minimum Gasteiger partial charge on any atom is -0.494 e. The van der Waals surface area contributed by atoms with E-state index in [1.165, 1.54) is 18.1 Å². The summed E-state index contributed by atoms with van der Waals surface area (Å²) in [5, 5.41) is 11.3. The Bertz CT molecular complexity index is 867. The van der Waals surface area contributed by atoms with Gasteiger partial charge in [-0.05, 0) is 17.7 Å². The van der Waals surface area contributed by atoms with Crippen LogP contribution in [0.5, 0.6) is 5.75 Å². The number of ether oxygens (including phenoxy) is 1. The van der Waals surface area contributed by atoms with E-state index in [0.29, 0.717) is 25.6 Å². The molecular weight excluding hydrogens is 389 g/mol. The molecule has 0 bridgehead atoms. The Kier molecular flexibility index (Phi) is 8.57. The lowest BCUT2D eigenvalue weighted by Crippen LogP contribution is -2.41. The van der Waals surface area contributed by atoms with E-state index in [4.69, 9.17) is 4.74 Å². The summed E-state index contributed by atoms with van der Waals surface area (Å²) in [4.78, 5) is 19.8. The van der Waals surface area contributed by atoms with Gasteiger partial charge in [-0.25, -0.2) is 9.38 Å². The number of hydrogen-bond acceptors (Lipinski definition) is 5. The Morgan fingerprint density at radius 2 is 2.10 bits per heavy atom. The highest BCUT2D eigenvalue weighted by Gasteiger charge is 2.12. The van der Waals surface area contributed by atoms with Gasteiger partial charge in [-0.15, -0.1) is 10.2 Å². The number of aliphatic imine (C=N–C) groups is 1. The van der Waals surface area contributed by atoms with Crippen LogP contribution in [-0.2, 0) is 24.3 Å². The zero-order chi connectivity index (χ0) is 22.1. The van der Waals surface area contributed by atoms with Gasteiger partial charge < -0.3 is 24.4 Å². The van der Waals surface area contributed by atoms with Gasteiger partial charge >= 0.3 is 0 Å². The minimum absolute atomic E-state index is 0.0173. The number of carbonyl (C=O) groups is 1. The summed E-state index contributed by atoms with van der Waals surface area (Å²) in [5.41, 5.74) is 0.760. The number of benzene rings is 1. The fourth-order valence-electron chi connectivity index (χ4n) is 2.78. The third-order valence-corrected chi connectivity index (χ3v) is 4.51. The van der Waals surface area contributed by atoms with E-state index >= 15 is 0 Å². The number of likely N-dealkylation sites (N-methyl/N-ethyl adjacent to an activating group) is 1. The van der Waals surface area contributed by atoms with Crippen molar-refractivity contribution in [1.82, 2.24) is 29.9 Å². The summed E-state index contributed by atoms with van der Waals surface area (Å²) in [6.07, 6.45) is 2.48. The van der Waals surface area contributed by atoms with Crippen molar-refractivity contribution in [2.24, 2.45) is 4.99 Å². The van der Waals surface area contributed by atoms with E-state index in [0.717, 1.165) is 17.8 Å². The molecule has 0 spiro atoms. The second-order valence-electron chi connectivity index (χ2n) is 6.97. The Labute approximate surface area is 176 Å². The molecule has 1 aromatic carbocycles. The molecule has 9 nitrogen and oxygen atoms in total. The predicted octanol–water partition coefficient (Wildman–Crippen LogP) is 1.15. The maximum atomic E-state index is 14.0. The molecule has 164 valence electrons. The average molecular weight is 420 g/mol. The van der Waals surface area contributed by atoms with Crippen molar-refractivity contribution in [1.29, 1.82) is 0 Å². The van der Waals surface area contributed by atoms with E-state index in [-0.39, 0.29) is 18.2 Å². The molecule has 30 heavy (non-hydrogen) atoms. The highest BCUT2D eigenvalue weighted by atomic mass is 19.1. The standard InChI is InChI=1S/C20H30FN7O2/c1-6-18-25-24-14-28(18)10-9-22-20(23-12-19(29)26(2)3)27(4)13-15-7-8-17(30-5)16(21)11-15/h7-8,11,14H,6,9-10,12-13H2,1-5H3,(H,22,23). The van der Waals surface area contributed by atoms with Crippen LogP contribution < -0.4 is 10.1 Å². The number of amides is 1. The molecule has 0 aliphatic heterocycles. The smallest absolute Gasteiger partial charge is 0.243 e. The lowest BCUT2D eigenvalue weighted by molar-refractivity contribution is -0.127. The lowest BCUT2D eigenvalue weighted by atomic mass is 10.2. The van der Waals surface area contributed by atoms with Crippen LogP contribution in [0.1, 0.15) is 18.3 Å². The summed E-state index contributed by atoms with van der Waals surface area (Å²) in [6.45, 7) is 3.68. The maximum Gasteiger partial charge on any atom is 0.243 e. The van der Waals surface area contributed by atoms with Crippen molar-refractivity contribution in [2.75, 3.05) is 41.3 Å². The molecule has 0 unspecified atom stereocenters. The Hall–Kier alpha value is -3.17. The van der Waals surface area contributed by atoms with Gasteiger partial charge in [-0.2, -0.15) is 0 Å². The van der Waals surface area contributed by atoms with Gasteiger partial charge in [0.25, 0.3) is 0 Å². The summed E-state index contributed by atoms with van der Waals surface area (Å²) in [7, 11) is 6.64. The molecule has 0 aliphatic carbocycles. The number of nitrogens with zero attached hydrogens (tertiary/aromatic N) is 6. The first-order valence-corrected chi connectivity index (χ1v) is 9.74. The summed E-state index contributed by atoms with van der Waals surface area (Å²) < 4.78 is 21.0. The zero-order valence-electron chi connectivity index (χ0n) is 18.2. The Morgan fingerprint density at radius 1 is 1.33 bits per heavy atom. The number of methoxy groups -OCH3 is 1. The molecule has 0 fully saturated rings. The van der Waals surface area contributed by atoms with Crippen molar-refractivity contribution in [3.8, 4) is 5.75 Å². The highest BCUT2D eigenvalue weighted by Crippen LogP contribution is 2.18. The first kappa shape index (κ1) is 23.1. The molecule has 0 aliphatic rings. The van der Waals surface area contributed by atoms with Crippen LogP contribution in [-0.4, -0.2) is 77.8 Å².